The van der Waals surface area contributed by atoms with Gasteiger partial charge < -0.3 is 0 Å². The van der Waals surface area contributed by atoms with Crippen molar-refractivity contribution in [2.24, 2.45) is 0 Å². The fraction of sp³-hybridized carbons (Fsp3) is 0.133. The molecule has 6 heteroatoms. The van der Waals surface area contributed by atoms with Crippen LogP contribution >= 0.6 is 0 Å². The molecule has 0 fully saturated rings. The van der Waals surface area contributed by atoms with E-state index in [1.807, 2.05) is 0 Å². The van der Waals surface area contributed by atoms with Crippen LogP contribution in [0.15, 0.2) is 53.4 Å². The van der Waals surface area contributed by atoms with Crippen molar-refractivity contribution in [2.75, 3.05) is 6.54 Å². The monoisotopic (exact) mass is 307 g/mol. The fourth-order valence-electron chi connectivity index (χ4n) is 1.83. The molecule has 0 aliphatic rings. The van der Waals surface area contributed by atoms with Crippen molar-refractivity contribution in [1.82, 2.24) is 4.72 Å². The molecule has 0 aliphatic heterocycles. The van der Waals surface area contributed by atoms with E-state index in [1.165, 1.54) is 12.1 Å². The van der Waals surface area contributed by atoms with Gasteiger partial charge in [0.1, 0.15) is 5.82 Å². The van der Waals surface area contributed by atoms with Crippen LogP contribution < -0.4 is 4.72 Å². The zero-order chi connectivity index (χ0) is 15.5. The molecule has 21 heavy (non-hydrogen) atoms. The van der Waals surface area contributed by atoms with Crippen molar-refractivity contribution >= 4 is 15.8 Å². The number of carbonyl (C=O) groups excluding carboxylic acids is 1. The Morgan fingerprint density at radius 2 is 1.81 bits per heavy atom. The highest BCUT2D eigenvalue weighted by atomic mass is 32.2. The topological polar surface area (TPSA) is 63.2 Å². The standard InChI is InChI=1S/C15H14FNO3S/c1-11-7-8-13(16)9-15(11)21(19,20)17-10-14(18)12-5-3-2-4-6-12/h2-9,17H,10H2,1H3. The zero-order valence-electron chi connectivity index (χ0n) is 11.3. The van der Waals surface area contributed by atoms with Crippen molar-refractivity contribution in [1.29, 1.82) is 0 Å². The lowest BCUT2D eigenvalue weighted by molar-refractivity contribution is 0.0997. The molecular formula is C15H14FNO3S. The number of Topliss-reactive ketones (excluding diaryl/α,β-unsaturated/α-hetero) is 1. The summed E-state index contributed by atoms with van der Waals surface area (Å²) in [4.78, 5) is 11.7. The first-order chi connectivity index (χ1) is 9.90. The molecule has 0 aliphatic carbocycles. The second-order valence-electron chi connectivity index (χ2n) is 4.52. The first-order valence-corrected chi connectivity index (χ1v) is 7.72. The number of halogens is 1. The summed E-state index contributed by atoms with van der Waals surface area (Å²) in [6, 6.07) is 11.8. The number of ketones is 1. The van der Waals surface area contributed by atoms with Crippen LogP contribution in [-0.4, -0.2) is 20.7 Å². The van der Waals surface area contributed by atoms with E-state index in [1.54, 1.807) is 37.3 Å². The molecule has 0 saturated carbocycles. The van der Waals surface area contributed by atoms with Crippen molar-refractivity contribution < 1.29 is 17.6 Å². The lowest BCUT2D eigenvalue weighted by atomic mass is 10.1. The Morgan fingerprint density at radius 1 is 1.14 bits per heavy atom. The molecule has 2 aromatic rings. The molecule has 0 spiro atoms. The molecule has 0 aromatic heterocycles. The Kier molecular flexibility index (Phi) is 4.50. The molecule has 110 valence electrons. The largest absolute Gasteiger partial charge is 0.293 e. The number of hydrogen-bond donors (Lipinski definition) is 1. The first kappa shape index (κ1) is 15.3. The van der Waals surface area contributed by atoms with Crippen LogP contribution in [-0.2, 0) is 10.0 Å². The molecule has 0 amide bonds. The fourth-order valence-corrected chi connectivity index (χ4v) is 3.06. The van der Waals surface area contributed by atoms with E-state index in [0.717, 1.165) is 6.07 Å². The number of aryl methyl sites for hydroxylation is 1. The summed E-state index contributed by atoms with van der Waals surface area (Å²) in [7, 11) is -3.93. The van der Waals surface area contributed by atoms with Gasteiger partial charge in [-0.05, 0) is 24.6 Å². The quantitative estimate of drug-likeness (QED) is 0.862. The van der Waals surface area contributed by atoms with E-state index in [2.05, 4.69) is 4.72 Å². The Hall–Kier alpha value is -2.05. The first-order valence-electron chi connectivity index (χ1n) is 6.24. The lowest BCUT2D eigenvalue weighted by Crippen LogP contribution is -2.30. The number of rotatable bonds is 5. The van der Waals surface area contributed by atoms with E-state index in [4.69, 9.17) is 0 Å². The minimum atomic E-state index is -3.93. The molecule has 2 rings (SSSR count). The van der Waals surface area contributed by atoms with Gasteiger partial charge >= 0.3 is 0 Å². The summed E-state index contributed by atoms with van der Waals surface area (Å²) in [5.41, 5.74) is 0.826. The maximum Gasteiger partial charge on any atom is 0.241 e. The van der Waals surface area contributed by atoms with E-state index < -0.39 is 15.8 Å². The van der Waals surface area contributed by atoms with Crippen LogP contribution in [0.3, 0.4) is 0 Å². The number of benzene rings is 2. The molecule has 2 aromatic carbocycles. The minimum absolute atomic E-state index is 0.164. The third-order valence-corrected chi connectivity index (χ3v) is 4.50. The van der Waals surface area contributed by atoms with Gasteiger partial charge in [0.25, 0.3) is 0 Å². The second kappa shape index (κ2) is 6.15. The van der Waals surface area contributed by atoms with E-state index in [0.29, 0.717) is 11.1 Å². The van der Waals surface area contributed by atoms with Gasteiger partial charge in [-0.3, -0.25) is 4.79 Å². The third-order valence-electron chi connectivity index (χ3n) is 2.96. The van der Waals surface area contributed by atoms with Gasteiger partial charge in [-0.1, -0.05) is 36.4 Å². The molecule has 0 radical (unpaired) electrons. The highest BCUT2D eigenvalue weighted by Gasteiger charge is 2.19. The Bertz CT molecular complexity index is 758. The minimum Gasteiger partial charge on any atom is -0.293 e. The second-order valence-corrected chi connectivity index (χ2v) is 6.26. The number of nitrogens with one attached hydrogen (secondary N) is 1. The van der Waals surface area contributed by atoms with E-state index in [-0.39, 0.29) is 17.2 Å². The summed E-state index contributed by atoms with van der Waals surface area (Å²) >= 11 is 0. The van der Waals surface area contributed by atoms with Crippen LogP contribution in [0.5, 0.6) is 0 Å². The van der Waals surface area contributed by atoms with Crippen molar-refractivity contribution in [2.45, 2.75) is 11.8 Å². The predicted octanol–water partition coefficient (Wildman–Crippen LogP) is 2.30. The van der Waals surface area contributed by atoms with Gasteiger partial charge in [-0.25, -0.2) is 17.5 Å². The van der Waals surface area contributed by atoms with Crippen LogP contribution in [0.25, 0.3) is 0 Å². The maximum absolute atomic E-state index is 13.2. The third kappa shape index (κ3) is 3.74. The predicted molar refractivity (Wildman–Crippen MR) is 77.1 cm³/mol. The van der Waals surface area contributed by atoms with Gasteiger partial charge in [-0.15, -0.1) is 0 Å². The molecule has 0 bridgehead atoms. The summed E-state index contributed by atoms with van der Waals surface area (Å²) < 4.78 is 39.6. The highest BCUT2D eigenvalue weighted by molar-refractivity contribution is 7.89. The molecule has 0 unspecified atom stereocenters. The zero-order valence-corrected chi connectivity index (χ0v) is 12.2. The highest BCUT2D eigenvalue weighted by Crippen LogP contribution is 2.16. The molecule has 0 heterocycles. The number of sulfonamides is 1. The van der Waals surface area contributed by atoms with Crippen LogP contribution in [0.2, 0.25) is 0 Å². The molecule has 0 atom stereocenters. The van der Waals surface area contributed by atoms with Gasteiger partial charge in [0.15, 0.2) is 5.78 Å². The van der Waals surface area contributed by atoms with Gasteiger partial charge in [0, 0.05) is 5.56 Å². The normalized spacial score (nSPS) is 11.3. The Morgan fingerprint density at radius 3 is 2.48 bits per heavy atom. The maximum atomic E-state index is 13.2. The number of carbonyl (C=O) groups is 1. The number of hydrogen-bond acceptors (Lipinski definition) is 3. The van der Waals surface area contributed by atoms with E-state index in [9.17, 15) is 17.6 Å². The molecule has 1 N–H and O–H groups in total. The SMILES string of the molecule is Cc1ccc(F)cc1S(=O)(=O)NCC(=O)c1ccccc1. The molecule has 4 nitrogen and oxygen atoms in total. The van der Waals surface area contributed by atoms with Gasteiger partial charge in [-0.2, -0.15) is 0 Å². The average molecular weight is 307 g/mol. The molecular weight excluding hydrogens is 293 g/mol. The summed E-state index contributed by atoms with van der Waals surface area (Å²) in [5, 5.41) is 0. The van der Waals surface area contributed by atoms with Crippen molar-refractivity contribution in [3.63, 3.8) is 0 Å². The van der Waals surface area contributed by atoms with Crippen LogP contribution in [0.1, 0.15) is 15.9 Å². The molecule has 0 saturated heterocycles. The van der Waals surface area contributed by atoms with Gasteiger partial charge in [0.05, 0.1) is 11.4 Å². The summed E-state index contributed by atoms with van der Waals surface area (Å²) in [5.74, 6) is -0.997. The van der Waals surface area contributed by atoms with E-state index >= 15 is 0 Å². The average Bonchev–Trinajstić information content (AvgIpc) is 2.48. The van der Waals surface area contributed by atoms with Crippen LogP contribution in [0, 0.1) is 12.7 Å². The Balaban J connectivity index is 2.15. The summed E-state index contributed by atoms with van der Waals surface area (Å²) in [6.45, 7) is 1.19. The lowest BCUT2D eigenvalue weighted by Gasteiger charge is -2.09. The van der Waals surface area contributed by atoms with Crippen molar-refractivity contribution in [3.05, 3.63) is 65.5 Å². The van der Waals surface area contributed by atoms with Crippen molar-refractivity contribution in [3.8, 4) is 0 Å². The Labute approximate surface area is 122 Å². The summed E-state index contributed by atoms with van der Waals surface area (Å²) in [6.07, 6.45) is 0. The van der Waals surface area contributed by atoms with Gasteiger partial charge in [0.2, 0.25) is 10.0 Å². The van der Waals surface area contributed by atoms with Crippen LogP contribution in [0.4, 0.5) is 4.39 Å². The smallest absolute Gasteiger partial charge is 0.241 e.